The van der Waals surface area contributed by atoms with Crippen molar-refractivity contribution in [2.45, 2.75) is 44.5 Å². The van der Waals surface area contributed by atoms with E-state index >= 15 is 0 Å². The zero-order valence-corrected chi connectivity index (χ0v) is 21.9. The molecule has 4 rings (SSSR count). The van der Waals surface area contributed by atoms with Crippen molar-refractivity contribution in [3.05, 3.63) is 70.5 Å². The predicted octanol–water partition coefficient (Wildman–Crippen LogP) is 3.19. The zero-order chi connectivity index (χ0) is 27.2. The van der Waals surface area contributed by atoms with Gasteiger partial charge < -0.3 is 34.4 Å². The largest absolute Gasteiger partial charge is 0.507 e. The SMILES string of the molecule is CC1CC2OC2C=CC=CC(=NOCC(=O)NCCc2cccn2C)Cc2c(Cl)c(O)cc(O)c2C(=O)O1. The molecule has 0 spiro atoms. The van der Waals surface area contributed by atoms with Crippen LogP contribution in [0.3, 0.4) is 0 Å². The number of rotatable bonds is 6. The maximum Gasteiger partial charge on any atom is 0.342 e. The predicted molar refractivity (Wildman–Crippen MR) is 140 cm³/mol. The van der Waals surface area contributed by atoms with Crippen LogP contribution >= 0.6 is 11.6 Å². The van der Waals surface area contributed by atoms with E-state index in [2.05, 4.69) is 10.5 Å². The lowest BCUT2D eigenvalue weighted by Gasteiger charge is -2.17. The third-order valence-electron chi connectivity index (χ3n) is 6.21. The van der Waals surface area contributed by atoms with E-state index in [4.69, 9.17) is 25.9 Å². The lowest BCUT2D eigenvalue weighted by Crippen LogP contribution is -2.29. The first-order valence-corrected chi connectivity index (χ1v) is 12.6. The number of carbonyl (C=O) groups excluding carboxylic acids is 2. The molecule has 1 aromatic heterocycles. The monoisotopic (exact) mass is 543 g/mol. The summed E-state index contributed by atoms with van der Waals surface area (Å²) in [7, 11) is 1.94. The first-order chi connectivity index (χ1) is 18.2. The number of aromatic hydroxyl groups is 2. The number of phenols is 2. The van der Waals surface area contributed by atoms with Gasteiger partial charge in [-0.15, -0.1) is 0 Å². The molecule has 0 radical (unpaired) electrons. The standard InChI is InChI=1S/C27H30ClN3O7/c1-16-12-23-22(38-23)8-4-3-6-17(13-19-25(27(35)37-16)20(32)14-21(33)26(19)28)30-36-15-24(34)29-10-9-18-7-5-11-31(18)2/h3-8,11,14,16,22-23,32-33H,9-10,12-13,15H2,1-2H3,(H,29,34). The molecular formula is C27H30ClN3O7. The van der Waals surface area contributed by atoms with Crippen molar-refractivity contribution < 1.29 is 34.1 Å². The molecule has 3 N–H and O–H groups in total. The number of nitrogens with one attached hydrogen (secondary N) is 1. The van der Waals surface area contributed by atoms with E-state index in [0.717, 1.165) is 11.8 Å². The number of allylic oxidation sites excluding steroid dienone is 3. The quantitative estimate of drug-likeness (QED) is 0.289. The molecule has 0 saturated carbocycles. The van der Waals surface area contributed by atoms with Crippen LogP contribution in [-0.4, -0.2) is 63.8 Å². The van der Waals surface area contributed by atoms with Crippen molar-refractivity contribution >= 4 is 29.2 Å². The molecule has 2 aliphatic heterocycles. The molecule has 11 heteroatoms. The van der Waals surface area contributed by atoms with Gasteiger partial charge in [0.05, 0.1) is 16.8 Å². The Morgan fingerprint density at radius 3 is 2.89 bits per heavy atom. The van der Waals surface area contributed by atoms with Crippen LogP contribution < -0.4 is 5.32 Å². The van der Waals surface area contributed by atoms with E-state index in [1.54, 1.807) is 25.2 Å². The molecule has 3 heterocycles. The number of aromatic nitrogens is 1. The minimum atomic E-state index is -0.793. The lowest BCUT2D eigenvalue weighted by atomic mass is 9.99. The highest BCUT2D eigenvalue weighted by Crippen LogP contribution is 2.38. The molecule has 2 aromatic rings. The van der Waals surface area contributed by atoms with Crippen LogP contribution in [-0.2, 0) is 39.0 Å². The third kappa shape index (κ3) is 6.96. The number of cyclic esters (lactones) is 1. The van der Waals surface area contributed by atoms with Crippen molar-refractivity contribution in [2.75, 3.05) is 13.2 Å². The van der Waals surface area contributed by atoms with E-state index in [9.17, 15) is 19.8 Å². The molecule has 1 fully saturated rings. The van der Waals surface area contributed by atoms with Gasteiger partial charge in [0.25, 0.3) is 5.91 Å². The Morgan fingerprint density at radius 2 is 2.13 bits per heavy atom. The molecule has 3 unspecified atom stereocenters. The second kappa shape index (κ2) is 12.2. The van der Waals surface area contributed by atoms with Gasteiger partial charge in [-0.2, -0.15) is 0 Å². The van der Waals surface area contributed by atoms with Crippen molar-refractivity contribution in [1.82, 2.24) is 9.88 Å². The summed E-state index contributed by atoms with van der Waals surface area (Å²) in [5.74, 6) is -2.02. The van der Waals surface area contributed by atoms with Crippen molar-refractivity contribution in [1.29, 1.82) is 0 Å². The normalized spacial score (nSPS) is 22.2. The fraction of sp³-hybridized carbons (Fsp3) is 0.370. The van der Waals surface area contributed by atoms with Crippen LogP contribution in [0.1, 0.15) is 35.0 Å². The van der Waals surface area contributed by atoms with Crippen LogP contribution in [0.5, 0.6) is 11.5 Å². The van der Waals surface area contributed by atoms with Crippen LogP contribution in [0.2, 0.25) is 5.02 Å². The van der Waals surface area contributed by atoms with E-state index in [1.807, 2.05) is 36.0 Å². The molecule has 38 heavy (non-hydrogen) atoms. The number of phenolic OH excluding ortho intramolecular Hbond substituents is 2. The molecule has 202 valence electrons. The minimum Gasteiger partial charge on any atom is -0.507 e. The number of ether oxygens (including phenoxy) is 2. The highest BCUT2D eigenvalue weighted by atomic mass is 35.5. The van der Waals surface area contributed by atoms with Gasteiger partial charge in [0.1, 0.15) is 29.3 Å². The third-order valence-corrected chi connectivity index (χ3v) is 6.63. The Hall–Kier alpha value is -3.76. The van der Waals surface area contributed by atoms with Gasteiger partial charge in [0.2, 0.25) is 0 Å². The average molecular weight is 544 g/mol. The zero-order valence-electron chi connectivity index (χ0n) is 21.1. The Morgan fingerprint density at radius 1 is 1.32 bits per heavy atom. The molecular weight excluding hydrogens is 514 g/mol. The van der Waals surface area contributed by atoms with E-state index in [-0.39, 0.29) is 53.0 Å². The van der Waals surface area contributed by atoms with E-state index in [0.29, 0.717) is 19.4 Å². The topological polar surface area (TPSA) is 135 Å². The van der Waals surface area contributed by atoms with Crippen LogP contribution in [0.4, 0.5) is 0 Å². The molecule has 0 aliphatic carbocycles. The Balaban J connectivity index is 1.51. The highest BCUT2D eigenvalue weighted by Gasteiger charge is 2.38. The lowest BCUT2D eigenvalue weighted by molar-refractivity contribution is -0.125. The first-order valence-electron chi connectivity index (χ1n) is 12.2. The van der Waals surface area contributed by atoms with Gasteiger partial charge in [0.15, 0.2) is 6.61 Å². The highest BCUT2D eigenvalue weighted by molar-refractivity contribution is 6.33. The van der Waals surface area contributed by atoms with Crippen molar-refractivity contribution in [2.24, 2.45) is 12.2 Å². The maximum absolute atomic E-state index is 13.0. The number of halogens is 1. The first kappa shape index (κ1) is 27.3. The average Bonchev–Trinajstić information content (AvgIpc) is 3.46. The van der Waals surface area contributed by atoms with Gasteiger partial charge in [0, 0.05) is 50.8 Å². The number of carbonyl (C=O) groups is 2. The number of oxime groups is 1. The summed E-state index contributed by atoms with van der Waals surface area (Å²) < 4.78 is 13.1. The smallest absolute Gasteiger partial charge is 0.342 e. The molecule has 0 bridgehead atoms. The van der Waals surface area contributed by atoms with Gasteiger partial charge >= 0.3 is 5.97 Å². The molecule has 2 aliphatic rings. The van der Waals surface area contributed by atoms with E-state index in [1.165, 1.54) is 0 Å². The summed E-state index contributed by atoms with van der Waals surface area (Å²) in [6.45, 7) is 1.84. The fourth-order valence-electron chi connectivity index (χ4n) is 4.16. The van der Waals surface area contributed by atoms with Crippen LogP contribution in [0.15, 0.2) is 53.9 Å². The fourth-order valence-corrected chi connectivity index (χ4v) is 4.38. The summed E-state index contributed by atoms with van der Waals surface area (Å²) in [6, 6.07) is 4.90. The van der Waals surface area contributed by atoms with Crippen molar-refractivity contribution in [3.8, 4) is 11.5 Å². The second-order valence-corrected chi connectivity index (χ2v) is 9.54. The van der Waals surface area contributed by atoms with Gasteiger partial charge in [-0.25, -0.2) is 4.79 Å². The van der Waals surface area contributed by atoms with Gasteiger partial charge in [-0.1, -0.05) is 35.0 Å². The second-order valence-electron chi connectivity index (χ2n) is 9.16. The van der Waals surface area contributed by atoms with Crippen LogP contribution in [0.25, 0.3) is 0 Å². The number of amides is 1. The maximum atomic E-state index is 13.0. The number of aryl methyl sites for hydroxylation is 1. The molecule has 1 aromatic carbocycles. The molecule has 10 nitrogen and oxygen atoms in total. The van der Waals surface area contributed by atoms with Crippen LogP contribution in [0, 0.1) is 0 Å². The Kier molecular flexibility index (Phi) is 8.75. The Bertz CT molecular complexity index is 1280. The number of nitrogens with zero attached hydrogens (tertiary/aromatic N) is 2. The Labute approximate surface area is 225 Å². The van der Waals surface area contributed by atoms with Gasteiger partial charge in [-0.3, -0.25) is 4.79 Å². The molecule has 1 amide bonds. The number of benzene rings is 1. The summed E-state index contributed by atoms with van der Waals surface area (Å²) in [6.07, 6.45) is 9.33. The minimum absolute atomic E-state index is 0.0848. The number of fused-ring (bicyclic) bond motifs is 2. The van der Waals surface area contributed by atoms with Gasteiger partial charge in [-0.05, 0) is 30.7 Å². The molecule has 3 atom stereocenters. The van der Waals surface area contributed by atoms with E-state index < -0.39 is 23.6 Å². The summed E-state index contributed by atoms with van der Waals surface area (Å²) >= 11 is 6.34. The van der Waals surface area contributed by atoms with Crippen molar-refractivity contribution in [3.63, 3.8) is 0 Å². The number of epoxide rings is 1. The summed E-state index contributed by atoms with van der Waals surface area (Å²) in [5, 5.41) is 27.4. The summed E-state index contributed by atoms with van der Waals surface area (Å²) in [5.41, 5.74) is 1.30. The number of esters is 1. The number of hydrogen-bond donors (Lipinski definition) is 3. The summed E-state index contributed by atoms with van der Waals surface area (Å²) in [4.78, 5) is 30.5. The molecule has 1 saturated heterocycles. The number of hydrogen-bond acceptors (Lipinski definition) is 8.